The van der Waals surface area contributed by atoms with E-state index >= 15 is 0 Å². The van der Waals surface area contributed by atoms with Crippen LogP contribution in [0.2, 0.25) is 0 Å². The van der Waals surface area contributed by atoms with Gasteiger partial charge in [0.25, 0.3) is 0 Å². The minimum Gasteiger partial charge on any atom is -0.405 e. The number of allylic oxidation sites excluding steroid dienone is 4. The second kappa shape index (κ2) is 4.65. The van der Waals surface area contributed by atoms with Gasteiger partial charge < -0.3 is 5.73 Å². The van der Waals surface area contributed by atoms with Crippen LogP contribution in [-0.2, 0) is 0 Å². The summed E-state index contributed by atoms with van der Waals surface area (Å²) in [4.78, 5) is 0. The zero-order valence-corrected chi connectivity index (χ0v) is 6.06. The summed E-state index contributed by atoms with van der Waals surface area (Å²) in [5, 5.41) is 0. The Bertz CT molecular complexity index is 124. The molecule has 2 heteroatoms. The van der Waals surface area contributed by atoms with Gasteiger partial charge in [-0.1, -0.05) is 28.6 Å². The summed E-state index contributed by atoms with van der Waals surface area (Å²) >= 11 is 3.15. The molecule has 0 atom stereocenters. The lowest BCUT2D eigenvalue weighted by Crippen LogP contribution is -1.71. The smallest absolute Gasteiger partial charge is 0.0103 e. The molecule has 2 N–H and O–H groups in total. The summed E-state index contributed by atoms with van der Waals surface area (Å²) in [6.07, 6.45) is 6.80. The zero-order chi connectivity index (χ0) is 6.41. The average Bonchev–Trinajstić information content (AvgIpc) is 1.66. The predicted molar refractivity (Wildman–Crippen MR) is 40.5 cm³/mol. The van der Waals surface area contributed by atoms with Crippen LogP contribution in [0.25, 0.3) is 0 Å². The molecule has 0 fully saturated rings. The zero-order valence-electron chi connectivity index (χ0n) is 4.47. The van der Waals surface area contributed by atoms with Crippen molar-refractivity contribution in [3.05, 3.63) is 35.5 Å². The molecule has 0 saturated heterocycles. The molecule has 0 bridgehead atoms. The lowest BCUT2D eigenvalue weighted by atomic mass is 10.5. The molecular weight excluding hydrogens is 166 g/mol. The van der Waals surface area contributed by atoms with E-state index in [9.17, 15) is 0 Å². The topological polar surface area (TPSA) is 26.0 Å². The SMILES string of the molecule is C=C(Br)/C=C\C=C/N. The average molecular weight is 174 g/mol. The molecule has 0 aliphatic rings. The Morgan fingerprint density at radius 2 is 2.12 bits per heavy atom. The molecule has 0 heterocycles. The maximum atomic E-state index is 5.04. The number of halogens is 1. The third kappa shape index (κ3) is 5.50. The fourth-order valence-corrected chi connectivity index (χ4v) is 0.377. The van der Waals surface area contributed by atoms with Crippen LogP contribution in [0.1, 0.15) is 0 Å². The van der Waals surface area contributed by atoms with Gasteiger partial charge in [0.05, 0.1) is 0 Å². The van der Waals surface area contributed by atoms with E-state index in [0.29, 0.717) is 0 Å². The fourth-order valence-electron chi connectivity index (χ4n) is 0.224. The highest BCUT2D eigenvalue weighted by molar-refractivity contribution is 9.11. The molecule has 0 saturated carbocycles. The van der Waals surface area contributed by atoms with Gasteiger partial charge in [0.15, 0.2) is 0 Å². The van der Waals surface area contributed by atoms with Crippen molar-refractivity contribution in [1.82, 2.24) is 0 Å². The van der Waals surface area contributed by atoms with E-state index in [0.717, 1.165) is 4.48 Å². The summed E-state index contributed by atoms with van der Waals surface area (Å²) in [6, 6.07) is 0. The fraction of sp³-hybridized carbons (Fsp3) is 0. The normalized spacial score (nSPS) is 11.1. The Morgan fingerprint density at radius 1 is 1.50 bits per heavy atom. The van der Waals surface area contributed by atoms with Gasteiger partial charge in [0, 0.05) is 4.48 Å². The molecule has 0 rings (SSSR count). The van der Waals surface area contributed by atoms with Gasteiger partial charge in [-0.3, -0.25) is 0 Å². The number of hydrogen-bond donors (Lipinski definition) is 1. The second-order valence-corrected chi connectivity index (χ2v) is 2.21. The molecule has 0 aliphatic heterocycles. The van der Waals surface area contributed by atoms with Crippen molar-refractivity contribution in [2.45, 2.75) is 0 Å². The van der Waals surface area contributed by atoms with Crippen LogP contribution < -0.4 is 5.73 Å². The Hall–Kier alpha value is -0.500. The van der Waals surface area contributed by atoms with E-state index in [1.165, 1.54) is 6.20 Å². The summed E-state index contributed by atoms with van der Waals surface area (Å²) in [7, 11) is 0. The molecule has 44 valence electrons. The molecule has 0 aromatic heterocycles. The first kappa shape index (κ1) is 7.50. The molecule has 0 spiro atoms. The summed E-state index contributed by atoms with van der Waals surface area (Å²) in [5.41, 5.74) is 5.04. The third-order valence-electron chi connectivity index (χ3n) is 0.499. The third-order valence-corrected chi connectivity index (χ3v) is 0.764. The first-order valence-corrected chi connectivity index (χ1v) is 2.96. The first-order chi connectivity index (χ1) is 3.77. The minimum absolute atomic E-state index is 0.843. The van der Waals surface area contributed by atoms with Gasteiger partial charge in [0.2, 0.25) is 0 Å². The maximum Gasteiger partial charge on any atom is 0.0103 e. The molecule has 0 unspecified atom stereocenters. The largest absolute Gasteiger partial charge is 0.405 e. The van der Waals surface area contributed by atoms with E-state index in [1.807, 2.05) is 6.08 Å². The van der Waals surface area contributed by atoms with Crippen LogP contribution >= 0.6 is 15.9 Å². The standard InChI is InChI=1S/C6H8BrN/c1-6(7)4-2-3-5-8/h2-5H,1,8H2/b4-2-,5-3-. The lowest BCUT2D eigenvalue weighted by Gasteiger charge is -1.76. The Kier molecular flexibility index (Phi) is 4.36. The van der Waals surface area contributed by atoms with E-state index in [-0.39, 0.29) is 0 Å². The van der Waals surface area contributed by atoms with Crippen LogP contribution in [0.3, 0.4) is 0 Å². The van der Waals surface area contributed by atoms with Gasteiger partial charge in [-0.2, -0.15) is 0 Å². The molecule has 0 amide bonds. The van der Waals surface area contributed by atoms with Gasteiger partial charge in [-0.25, -0.2) is 0 Å². The molecule has 0 aromatic carbocycles. The Balaban J connectivity index is 3.50. The van der Waals surface area contributed by atoms with Gasteiger partial charge in [0.1, 0.15) is 0 Å². The molecular formula is C6H8BrN. The number of hydrogen-bond acceptors (Lipinski definition) is 1. The van der Waals surface area contributed by atoms with Crippen molar-refractivity contribution in [3.8, 4) is 0 Å². The highest BCUT2D eigenvalue weighted by Gasteiger charge is 1.69. The summed E-state index contributed by atoms with van der Waals surface area (Å²) in [6.45, 7) is 3.58. The summed E-state index contributed by atoms with van der Waals surface area (Å²) < 4.78 is 0.843. The molecule has 0 radical (unpaired) electrons. The quantitative estimate of drug-likeness (QED) is 0.636. The maximum absolute atomic E-state index is 5.04. The molecule has 0 aromatic rings. The van der Waals surface area contributed by atoms with Crippen molar-refractivity contribution in [1.29, 1.82) is 0 Å². The van der Waals surface area contributed by atoms with E-state index in [4.69, 9.17) is 5.73 Å². The van der Waals surface area contributed by atoms with Crippen molar-refractivity contribution >= 4 is 15.9 Å². The van der Waals surface area contributed by atoms with Gasteiger partial charge >= 0.3 is 0 Å². The summed E-state index contributed by atoms with van der Waals surface area (Å²) in [5.74, 6) is 0. The second-order valence-electron chi connectivity index (χ2n) is 1.19. The van der Waals surface area contributed by atoms with Crippen LogP contribution in [-0.4, -0.2) is 0 Å². The van der Waals surface area contributed by atoms with E-state index in [2.05, 4.69) is 22.5 Å². The van der Waals surface area contributed by atoms with Crippen LogP contribution in [0, 0.1) is 0 Å². The minimum atomic E-state index is 0.843. The Morgan fingerprint density at radius 3 is 2.50 bits per heavy atom. The van der Waals surface area contributed by atoms with E-state index in [1.54, 1.807) is 12.2 Å². The predicted octanol–water partition coefficient (Wildman–Crippen LogP) is 1.92. The highest BCUT2D eigenvalue weighted by atomic mass is 79.9. The molecule has 0 aliphatic carbocycles. The van der Waals surface area contributed by atoms with E-state index < -0.39 is 0 Å². The lowest BCUT2D eigenvalue weighted by molar-refractivity contribution is 1.60. The van der Waals surface area contributed by atoms with Crippen molar-refractivity contribution in [2.24, 2.45) is 5.73 Å². The van der Waals surface area contributed by atoms with Crippen molar-refractivity contribution < 1.29 is 0 Å². The number of nitrogens with two attached hydrogens (primary N) is 1. The molecule has 1 nitrogen and oxygen atoms in total. The first-order valence-electron chi connectivity index (χ1n) is 2.16. The molecule has 8 heavy (non-hydrogen) atoms. The van der Waals surface area contributed by atoms with Crippen LogP contribution in [0.5, 0.6) is 0 Å². The van der Waals surface area contributed by atoms with Gasteiger partial charge in [-0.05, 0) is 18.4 Å². The van der Waals surface area contributed by atoms with Gasteiger partial charge in [-0.15, -0.1) is 0 Å². The monoisotopic (exact) mass is 173 g/mol. The highest BCUT2D eigenvalue weighted by Crippen LogP contribution is 2.00. The van der Waals surface area contributed by atoms with Crippen LogP contribution in [0.4, 0.5) is 0 Å². The van der Waals surface area contributed by atoms with Crippen LogP contribution in [0.15, 0.2) is 35.5 Å². The number of rotatable bonds is 2. The van der Waals surface area contributed by atoms with Crippen molar-refractivity contribution in [3.63, 3.8) is 0 Å². The van der Waals surface area contributed by atoms with Crippen molar-refractivity contribution in [2.75, 3.05) is 0 Å². The Labute approximate surface area is 57.7 Å².